The van der Waals surface area contributed by atoms with E-state index in [0.29, 0.717) is 6.54 Å². The van der Waals surface area contributed by atoms with Gasteiger partial charge in [0.15, 0.2) is 5.96 Å². The molecule has 0 saturated carbocycles. The van der Waals surface area contributed by atoms with Gasteiger partial charge >= 0.3 is 0 Å². The average molecular weight is 327 g/mol. The van der Waals surface area contributed by atoms with Gasteiger partial charge in [-0.05, 0) is 17.5 Å². The predicted octanol–water partition coefficient (Wildman–Crippen LogP) is 1.74. The highest BCUT2D eigenvalue weighted by atomic mass is 16.5. The summed E-state index contributed by atoms with van der Waals surface area (Å²) in [6.07, 6.45) is 2.73. The van der Waals surface area contributed by atoms with Crippen LogP contribution in [-0.4, -0.2) is 54.6 Å². The van der Waals surface area contributed by atoms with Gasteiger partial charge < -0.3 is 14.7 Å². The third-order valence-electron chi connectivity index (χ3n) is 4.38. The van der Waals surface area contributed by atoms with E-state index in [0.717, 1.165) is 44.3 Å². The Kier molecular flexibility index (Phi) is 5.48. The van der Waals surface area contributed by atoms with Gasteiger partial charge in [0.1, 0.15) is 12.0 Å². The molecule has 0 amide bonds. The van der Waals surface area contributed by atoms with Gasteiger partial charge in [-0.3, -0.25) is 9.89 Å². The van der Waals surface area contributed by atoms with E-state index in [1.165, 1.54) is 11.1 Å². The fourth-order valence-electron chi connectivity index (χ4n) is 3.09. The highest BCUT2D eigenvalue weighted by Gasteiger charge is 2.15. The van der Waals surface area contributed by atoms with Gasteiger partial charge in [-0.1, -0.05) is 29.4 Å². The van der Waals surface area contributed by atoms with Crippen molar-refractivity contribution in [1.82, 2.24) is 20.3 Å². The van der Waals surface area contributed by atoms with Crippen LogP contribution in [0.3, 0.4) is 0 Å². The van der Waals surface area contributed by atoms with Crippen LogP contribution in [0.5, 0.6) is 0 Å². The molecule has 0 saturated heterocycles. The molecule has 0 fully saturated rings. The van der Waals surface area contributed by atoms with E-state index >= 15 is 0 Å². The molecule has 6 heteroatoms. The number of benzene rings is 1. The normalized spacial score (nSPS) is 15.2. The molecule has 24 heavy (non-hydrogen) atoms. The van der Waals surface area contributed by atoms with Gasteiger partial charge in [-0.15, -0.1) is 0 Å². The van der Waals surface area contributed by atoms with Crippen LogP contribution in [0, 0.1) is 0 Å². The molecular weight excluding hydrogens is 302 g/mol. The number of fused-ring (bicyclic) bond motifs is 1. The Morgan fingerprint density at radius 3 is 2.92 bits per heavy atom. The highest BCUT2D eigenvalue weighted by Crippen LogP contribution is 2.17. The summed E-state index contributed by atoms with van der Waals surface area (Å²) in [5, 5.41) is 7.37. The molecule has 2 aromatic rings. The maximum absolute atomic E-state index is 4.87. The summed E-state index contributed by atoms with van der Waals surface area (Å²) >= 11 is 0. The Morgan fingerprint density at radius 1 is 1.33 bits per heavy atom. The Hall–Kier alpha value is -2.34. The molecule has 1 aliphatic heterocycles. The van der Waals surface area contributed by atoms with Crippen molar-refractivity contribution in [3.05, 3.63) is 53.4 Å². The summed E-state index contributed by atoms with van der Waals surface area (Å²) in [5.74, 6) is 0.871. The van der Waals surface area contributed by atoms with Crippen molar-refractivity contribution in [2.75, 3.05) is 33.7 Å². The van der Waals surface area contributed by atoms with Crippen molar-refractivity contribution in [3.63, 3.8) is 0 Å². The van der Waals surface area contributed by atoms with E-state index in [1.807, 2.05) is 18.0 Å². The van der Waals surface area contributed by atoms with Crippen molar-refractivity contribution < 1.29 is 4.52 Å². The minimum atomic E-state index is 0.674. The van der Waals surface area contributed by atoms with Crippen LogP contribution in [0.15, 0.2) is 46.1 Å². The molecule has 0 atom stereocenters. The molecule has 2 heterocycles. The van der Waals surface area contributed by atoms with Crippen LogP contribution in [0.25, 0.3) is 0 Å². The molecule has 0 aliphatic carbocycles. The molecule has 1 aliphatic rings. The van der Waals surface area contributed by atoms with Crippen molar-refractivity contribution in [2.24, 2.45) is 4.99 Å². The molecule has 1 aromatic carbocycles. The topological polar surface area (TPSA) is 56.9 Å². The van der Waals surface area contributed by atoms with Crippen LogP contribution in [-0.2, 0) is 19.5 Å². The molecular formula is C18H25N5O. The molecule has 0 unspecified atom stereocenters. The zero-order chi connectivity index (χ0) is 16.8. The van der Waals surface area contributed by atoms with E-state index in [1.54, 1.807) is 13.3 Å². The Balaban J connectivity index is 1.45. The average Bonchev–Trinajstić information content (AvgIpc) is 3.11. The second-order valence-electron chi connectivity index (χ2n) is 6.12. The molecule has 3 rings (SSSR count). The van der Waals surface area contributed by atoms with Crippen molar-refractivity contribution in [2.45, 2.75) is 19.5 Å². The molecule has 6 nitrogen and oxygen atoms in total. The Labute approximate surface area is 143 Å². The lowest BCUT2D eigenvalue weighted by Gasteiger charge is -2.29. The highest BCUT2D eigenvalue weighted by molar-refractivity contribution is 5.79. The first-order valence-corrected chi connectivity index (χ1v) is 8.36. The molecule has 1 aromatic heterocycles. The van der Waals surface area contributed by atoms with Crippen LogP contribution < -0.4 is 5.32 Å². The van der Waals surface area contributed by atoms with Crippen molar-refractivity contribution in [1.29, 1.82) is 0 Å². The standard InChI is InChI=1S/C18H25N5O/c1-19-18(22(2)14-17-8-12-24-21-17)20-9-11-23-10-7-15-5-3-4-6-16(15)13-23/h3-6,8,12H,7,9-11,13-14H2,1-2H3,(H,19,20). The first kappa shape index (κ1) is 16.5. The van der Waals surface area contributed by atoms with E-state index < -0.39 is 0 Å². The van der Waals surface area contributed by atoms with Gasteiger partial charge in [0.05, 0.1) is 6.54 Å². The van der Waals surface area contributed by atoms with Gasteiger partial charge in [0.2, 0.25) is 0 Å². The predicted molar refractivity (Wildman–Crippen MR) is 94.8 cm³/mol. The third kappa shape index (κ3) is 4.14. The number of aliphatic imine (C=N–C) groups is 1. The summed E-state index contributed by atoms with van der Waals surface area (Å²) < 4.78 is 4.87. The zero-order valence-electron chi connectivity index (χ0n) is 14.4. The molecule has 0 radical (unpaired) electrons. The van der Waals surface area contributed by atoms with Crippen LogP contribution >= 0.6 is 0 Å². The first-order chi connectivity index (χ1) is 11.8. The molecule has 1 N–H and O–H groups in total. The van der Waals surface area contributed by atoms with Crippen molar-refractivity contribution in [3.8, 4) is 0 Å². The molecule has 0 bridgehead atoms. The zero-order valence-corrected chi connectivity index (χ0v) is 14.4. The maximum atomic E-state index is 4.87. The largest absolute Gasteiger partial charge is 0.364 e. The number of rotatable bonds is 5. The SMILES string of the molecule is CN=C(NCCN1CCc2ccccc2C1)N(C)Cc1ccon1. The summed E-state index contributed by atoms with van der Waals surface area (Å²) in [4.78, 5) is 8.87. The van der Waals surface area contributed by atoms with Crippen LogP contribution in [0.1, 0.15) is 16.8 Å². The Morgan fingerprint density at radius 2 is 2.17 bits per heavy atom. The summed E-state index contributed by atoms with van der Waals surface area (Å²) in [5.41, 5.74) is 3.84. The first-order valence-electron chi connectivity index (χ1n) is 8.36. The van der Waals surface area contributed by atoms with E-state index in [-0.39, 0.29) is 0 Å². The lowest BCUT2D eigenvalue weighted by Crippen LogP contribution is -2.43. The molecule has 0 spiro atoms. The fourth-order valence-corrected chi connectivity index (χ4v) is 3.09. The number of nitrogens with one attached hydrogen (secondary N) is 1. The van der Waals surface area contributed by atoms with Gasteiger partial charge in [-0.25, -0.2) is 0 Å². The smallest absolute Gasteiger partial charge is 0.193 e. The lowest BCUT2D eigenvalue weighted by molar-refractivity contribution is 0.257. The Bertz CT molecular complexity index is 668. The second-order valence-corrected chi connectivity index (χ2v) is 6.12. The number of guanidine groups is 1. The van der Waals surface area contributed by atoms with Crippen LogP contribution in [0.4, 0.5) is 0 Å². The fraction of sp³-hybridized carbons (Fsp3) is 0.444. The van der Waals surface area contributed by atoms with Gasteiger partial charge in [0.25, 0.3) is 0 Å². The minimum absolute atomic E-state index is 0.674. The number of hydrogen-bond donors (Lipinski definition) is 1. The summed E-state index contributed by atoms with van der Waals surface area (Å²) in [6.45, 7) is 4.70. The summed E-state index contributed by atoms with van der Waals surface area (Å²) in [7, 11) is 3.81. The number of hydrogen-bond acceptors (Lipinski definition) is 4. The van der Waals surface area contributed by atoms with Gasteiger partial charge in [-0.2, -0.15) is 0 Å². The monoisotopic (exact) mass is 327 g/mol. The summed E-state index contributed by atoms with van der Waals surface area (Å²) in [6, 6.07) is 10.6. The number of nitrogens with zero attached hydrogens (tertiary/aromatic N) is 4. The third-order valence-corrected chi connectivity index (χ3v) is 4.38. The van der Waals surface area contributed by atoms with Gasteiger partial charge in [0, 0.05) is 46.3 Å². The quantitative estimate of drug-likeness (QED) is 0.670. The van der Waals surface area contributed by atoms with E-state index in [2.05, 4.69) is 44.6 Å². The molecule has 128 valence electrons. The lowest BCUT2D eigenvalue weighted by atomic mass is 10.00. The van der Waals surface area contributed by atoms with Crippen molar-refractivity contribution >= 4 is 5.96 Å². The van der Waals surface area contributed by atoms with E-state index in [4.69, 9.17) is 4.52 Å². The number of aromatic nitrogens is 1. The van der Waals surface area contributed by atoms with Crippen LogP contribution in [0.2, 0.25) is 0 Å². The minimum Gasteiger partial charge on any atom is -0.364 e. The second kappa shape index (κ2) is 7.97. The van der Waals surface area contributed by atoms with E-state index in [9.17, 15) is 0 Å². The maximum Gasteiger partial charge on any atom is 0.193 e.